The topological polar surface area (TPSA) is 77.8 Å². The quantitative estimate of drug-likeness (QED) is 0.652. The summed E-state index contributed by atoms with van der Waals surface area (Å²) in [5, 5.41) is 9.66. The molecule has 2 fully saturated rings. The van der Waals surface area contributed by atoms with E-state index in [0.717, 1.165) is 30.4 Å². The van der Waals surface area contributed by atoms with Gasteiger partial charge in [0, 0.05) is 18.3 Å². The van der Waals surface area contributed by atoms with Gasteiger partial charge in [0.05, 0.1) is 18.8 Å². The molecular formula is C23H31NO5. The van der Waals surface area contributed by atoms with Crippen molar-refractivity contribution in [3.8, 4) is 6.07 Å². The Kier molecular flexibility index (Phi) is 5.02. The summed E-state index contributed by atoms with van der Waals surface area (Å²) < 4.78 is 25.1. The Morgan fingerprint density at radius 2 is 1.66 bits per heavy atom. The molecule has 2 heterocycles. The van der Waals surface area contributed by atoms with Gasteiger partial charge in [-0.1, -0.05) is 19.4 Å². The zero-order chi connectivity index (χ0) is 21.0. The summed E-state index contributed by atoms with van der Waals surface area (Å²) in [4.78, 5) is 12.4. The van der Waals surface area contributed by atoms with Crippen molar-refractivity contribution in [1.29, 1.82) is 5.26 Å². The molecule has 0 N–H and O–H groups in total. The van der Waals surface area contributed by atoms with Gasteiger partial charge in [0.15, 0.2) is 17.4 Å². The molecule has 6 heteroatoms. The smallest absolute Gasteiger partial charge is 0.177 e. The lowest BCUT2D eigenvalue weighted by Gasteiger charge is -2.49. The molecule has 0 saturated carbocycles. The first-order valence-corrected chi connectivity index (χ1v) is 10.6. The molecule has 0 unspecified atom stereocenters. The van der Waals surface area contributed by atoms with E-state index in [1.807, 2.05) is 13.8 Å². The van der Waals surface area contributed by atoms with Crippen molar-refractivity contribution in [2.45, 2.75) is 90.5 Å². The van der Waals surface area contributed by atoms with Crippen molar-refractivity contribution in [1.82, 2.24) is 0 Å². The van der Waals surface area contributed by atoms with Crippen LogP contribution in [0.5, 0.6) is 0 Å². The van der Waals surface area contributed by atoms with Gasteiger partial charge in [0.25, 0.3) is 0 Å². The molecule has 0 aromatic rings. The summed E-state index contributed by atoms with van der Waals surface area (Å²) in [6.45, 7) is 11.4. The molecule has 6 nitrogen and oxygen atoms in total. The molecule has 2 saturated heterocycles. The highest BCUT2D eigenvalue weighted by Gasteiger charge is 2.59. The SMILES string of the molecule is CC1=C([C@H]2OC(C)(C)O[C@@H]2C2=C(C#N)C(=O)CCC2)C(C)(C)C2(CC1)OCCO2. The van der Waals surface area contributed by atoms with E-state index in [4.69, 9.17) is 18.9 Å². The van der Waals surface area contributed by atoms with E-state index >= 15 is 0 Å². The molecule has 2 aliphatic heterocycles. The van der Waals surface area contributed by atoms with Crippen LogP contribution in [0.2, 0.25) is 0 Å². The summed E-state index contributed by atoms with van der Waals surface area (Å²) in [6.07, 6.45) is 2.67. The second-order valence-electron chi connectivity index (χ2n) is 9.53. The van der Waals surface area contributed by atoms with Crippen molar-refractivity contribution in [3.05, 3.63) is 22.3 Å². The normalized spacial score (nSPS) is 33.4. The number of ether oxygens (including phenoxy) is 4. The van der Waals surface area contributed by atoms with Crippen molar-refractivity contribution >= 4 is 5.78 Å². The molecule has 0 bridgehead atoms. The van der Waals surface area contributed by atoms with E-state index in [2.05, 4.69) is 26.8 Å². The fraction of sp³-hybridized carbons (Fsp3) is 0.739. The van der Waals surface area contributed by atoms with Crippen LogP contribution in [0.3, 0.4) is 0 Å². The lowest BCUT2D eigenvalue weighted by Crippen LogP contribution is -2.53. The maximum absolute atomic E-state index is 12.4. The Balaban J connectivity index is 1.81. The fourth-order valence-electron chi connectivity index (χ4n) is 5.61. The van der Waals surface area contributed by atoms with Crippen LogP contribution < -0.4 is 0 Å². The fourth-order valence-corrected chi connectivity index (χ4v) is 5.61. The van der Waals surface area contributed by atoms with Crippen LogP contribution in [0.4, 0.5) is 0 Å². The average Bonchev–Trinajstić information content (AvgIpc) is 3.24. The number of rotatable bonds is 2. The van der Waals surface area contributed by atoms with Crippen LogP contribution in [0.15, 0.2) is 22.3 Å². The van der Waals surface area contributed by atoms with Gasteiger partial charge in [-0.3, -0.25) is 4.79 Å². The van der Waals surface area contributed by atoms with Crippen LogP contribution in [0, 0.1) is 16.7 Å². The highest BCUT2D eigenvalue weighted by Crippen LogP contribution is 2.55. The third-order valence-electron chi connectivity index (χ3n) is 6.95. The van der Waals surface area contributed by atoms with Gasteiger partial charge in [0.2, 0.25) is 0 Å². The van der Waals surface area contributed by atoms with E-state index in [0.29, 0.717) is 26.1 Å². The number of hydrogen-bond donors (Lipinski definition) is 0. The Morgan fingerprint density at radius 1 is 1.00 bits per heavy atom. The Morgan fingerprint density at radius 3 is 2.31 bits per heavy atom. The van der Waals surface area contributed by atoms with Gasteiger partial charge in [-0.25, -0.2) is 0 Å². The Labute approximate surface area is 172 Å². The number of nitriles is 1. The van der Waals surface area contributed by atoms with E-state index in [1.54, 1.807) is 0 Å². The van der Waals surface area contributed by atoms with Crippen LogP contribution in [0.1, 0.15) is 66.7 Å². The van der Waals surface area contributed by atoms with Crippen LogP contribution in [-0.2, 0) is 23.7 Å². The summed E-state index contributed by atoms with van der Waals surface area (Å²) in [6, 6.07) is 2.14. The van der Waals surface area contributed by atoms with Crippen molar-refractivity contribution < 1.29 is 23.7 Å². The number of carbonyl (C=O) groups is 1. The van der Waals surface area contributed by atoms with E-state index in [9.17, 15) is 10.1 Å². The lowest BCUT2D eigenvalue weighted by molar-refractivity contribution is -0.229. The lowest BCUT2D eigenvalue weighted by atomic mass is 9.65. The molecule has 4 aliphatic rings. The molecule has 29 heavy (non-hydrogen) atoms. The summed E-state index contributed by atoms with van der Waals surface area (Å²) >= 11 is 0. The monoisotopic (exact) mass is 401 g/mol. The second kappa shape index (κ2) is 7.02. The highest BCUT2D eigenvalue weighted by molar-refractivity contribution is 6.00. The molecule has 0 aromatic heterocycles. The maximum atomic E-state index is 12.4. The van der Waals surface area contributed by atoms with Crippen LogP contribution in [0.25, 0.3) is 0 Å². The number of ketones is 1. The van der Waals surface area contributed by atoms with Gasteiger partial charge >= 0.3 is 0 Å². The maximum Gasteiger partial charge on any atom is 0.177 e. The number of Topliss-reactive ketones (excluding diaryl/α,β-unsaturated/α-hetero) is 1. The molecule has 1 spiro atoms. The molecular weight excluding hydrogens is 370 g/mol. The van der Waals surface area contributed by atoms with Crippen LogP contribution in [-0.4, -0.2) is 42.8 Å². The van der Waals surface area contributed by atoms with Crippen molar-refractivity contribution in [2.24, 2.45) is 5.41 Å². The third kappa shape index (κ3) is 3.19. The van der Waals surface area contributed by atoms with Crippen molar-refractivity contribution in [3.63, 3.8) is 0 Å². The first-order chi connectivity index (χ1) is 13.6. The molecule has 2 aliphatic carbocycles. The Hall–Kier alpha value is -1.52. The van der Waals surface area contributed by atoms with E-state index in [-0.39, 0.29) is 17.5 Å². The predicted molar refractivity (Wildman–Crippen MR) is 106 cm³/mol. The predicted octanol–water partition coefficient (Wildman–Crippen LogP) is 3.96. The largest absolute Gasteiger partial charge is 0.347 e. The minimum Gasteiger partial charge on any atom is -0.347 e. The third-order valence-corrected chi connectivity index (χ3v) is 6.95. The minimum absolute atomic E-state index is 0.0895. The first-order valence-electron chi connectivity index (χ1n) is 10.6. The molecule has 0 aromatic carbocycles. The van der Waals surface area contributed by atoms with Gasteiger partial charge in [0.1, 0.15) is 18.3 Å². The number of nitrogens with zero attached hydrogens (tertiary/aromatic N) is 1. The standard InChI is InChI=1S/C23H31NO5/c1-14-9-10-23(26-11-12-27-23)21(2,3)18(14)20-19(28-22(4,5)29-20)15-7-6-8-17(25)16(15)13-24/h19-20H,6-12H2,1-5H3/t19-,20-/m1/s1. The Bertz CT molecular complexity index is 823. The zero-order valence-electron chi connectivity index (χ0n) is 18.1. The first kappa shape index (κ1) is 20.7. The van der Waals surface area contributed by atoms with E-state index < -0.39 is 23.1 Å². The molecule has 4 rings (SSSR count). The van der Waals surface area contributed by atoms with Gasteiger partial charge < -0.3 is 18.9 Å². The summed E-state index contributed by atoms with van der Waals surface area (Å²) in [7, 11) is 0. The zero-order valence-corrected chi connectivity index (χ0v) is 18.1. The van der Waals surface area contributed by atoms with Crippen LogP contribution >= 0.6 is 0 Å². The number of hydrogen-bond acceptors (Lipinski definition) is 6. The number of carbonyl (C=O) groups excluding carboxylic acids is 1. The highest BCUT2D eigenvalue weighted by atomic mass is 16.8. The second-order valence-corrected chi connectivity index (χ2v) is 9.53. The summed E-state index contributed by atoms with van der Waals surface area (Å²) in [5.41, 5.74) is 2.97. The van der Waals surface area contributed by atoms with Crippen molar-refractivity contribution in [2.75, 3.05) is 13.2 Å². The average molecular weight is 402 g/mol. The molecule has 0 radical (unpaired) electrons. The number of allylic oxidation sites excluding steroid dienone is 2. The molecule has 2 atom stereocenters. The van der Waals surface area contributed by atoms with Gasteiger partial charge in [-0.15, -0.1) is 0 Å². The molecule has 0 amide bonds. The van der Waals surface area contributed by atoms with Gasteiger partial charge in [-0.2, -0.15) is 5.26 Å². The minimum atomic E-state index is -0.811. The van der Waals surface area contributed by atoms with E-state index in [1.165, 1.54) is 5.57 Å². The van der Waals surface area contributed by atoms with Gasteiger partial charge in [-0.05, 0) is 51.2 Å². The molecule has 158 valence electrons. The summed E-state index contributed by atoms with van der Waals surface area (Å²) in [5.74, 6) is -1.57.